The Hall–Kier alpha value is -2.93. The first-order valence-corrected chi connectivity index (χ1v) is 8.09. The summed E-state index contributed by atoms with van der Waals surface area (Å²) in [4.78, 5) is 26.3. The first-order chi connectivity index (χ1) is 12.1. The molecule has 7 heteroatoms. The molecule has 1 aliphatic heterocycles. The van der Waals surface area contributed by atoms with Crippen LogP contribution in [0.1, 0.15) is 11.3 Å². The van der Waals surface area contributed by atoms with Gasteiger partial charge in [-0.25, -0.2) is 0 Å². The van der Waals surface area contributed by atoms with Crippen molar-refractivity contribution in [1.29, 1.82) is 0 Å². The van der Waals surface area contributed by atoms with Crippen molar-refractivity contribution in [2.45, 2.75) is 6.54 Å². The number of carbonyl (C=O) groups is 1. The van der Waals surface area contributed by atoms with E-state index in [2.05, 4.69) is 17.0 Å². The number of nitrogens with zero attached hydrogens (tertiary/aromatic N) is 3. The summed E-state index contributed by atoms with van der Waals surface area (Å²) in [5, 5.41) is 10.6. The van der Waals surface area contributed by atoms with Crippen LogP contribution in [0, 0.1) is 10.1 Å². The van der Waals surface area contributed by atoms with Gasteiger partial charge in [-0.1, -0.05) is 30.3 Å². The van der Waals surface area contributed by atoms with Crippen molar-refractivity contribution in [2.75, 3.05) is 26.2 Å². The molecule has 0 atom stereocenters. The smallest absolute Gasteiger partial charge is 0.401 e. The molecule has 1 aromatic carbocycles. The number of benzene rings is 1. The standard InChI is InChI=1S/C18H19N3O4/c22-17(8-6-16-7-9-18(25-16)21(23)24)20-12-10-19(11-13-20)14-15-4-2-1-3-5-15/h1-9H,10-14H2/b8-6-. The van der Waals surface area contributed by atoms with Gasteiger partial charge in [0.25, 0.3) is 0 Å². The molecule has 130 valence electrons. The Labute approximate surface area is 145 Å². The maximum atomic E-state index is 12.2. The Bertz CT molecular complexity index is 762. The SMILES string of the molecule is O=C(/C=C\c1ccc([N+](=O)[O-])o1)N1CCN(Cc2ccccc2)CC1. The second-order valence-electron chi connectivity index (χ2n) is 5.85. The number of amides is 1. The molecule has 1 amide bonds. The number of hydrogen-bond donors (Lipinski definition) is 0. The van der Waals surface area contributed by atoms with Crippen molar-refractivity contribution in [3.05, 3.63) is 70.0 Å². The van der Waals surface area contributed by atoms with Crippen molar-refractivity contribution in [1.82, 2.24) is 9.80 Å². The lowest BCUT2D eigenvalue weighted by molar-refractivity contribution is -0.402. The van der Waals surface area contributed by atoms with Crippen LogP contribution in [0.15, 0.2) is 53.0 Å². The third kappa shape index (κ3) is 4.54. The van der Waals surface area contributed by atoms with E-state index >= 15 is 0 Å². The fourth-order valence-corrected chi connectivity index (χ4v) is 2.76. The minimum Gasteiger partial charge on any atom is -0.401 e. The van der Waals surface area contributed by atoms with E-state index in [9.17, 15) is 14.9 Å². The van der Waals surface area contributed by atoms with Crippen LogP contribution in [0.4, 0.5) is 5.88 Å². The van der Waals surface area contributed by atoms with E-state index in [0.717, 1.165) is 19.6 Å². The normalized spacial score (nSPS) is 15.6. The summed E-state index contributed by atoms with van der Waals surface area (Å²) in [6, 6.07) is 13.0. The molecule has 0 bridgehead atoms. The summed E-state index contributed by atoms with van der Waals surface area (Å²) in [5.41, 5.74) is 1.27. The van der Waals surface area contributed by atoms with Crippen LogP contribution in [0.2, 0.25) is 0 Å². The minimum atomic E-state index is -0.606. The van der Waals surface area contributed by atoms with Crippen molar-refractivity contribution in [3.63, 3.8) is 0 Å². The van der Waals surface area contributed by atoms with E-state index in [1.165, 1.54) is 29.8 Å². The van der Waals surface area contributed by atoms with Crippen LogP contribution in [0.5, 0.6) is 0 Å². The molecule has 2 aromatic rings. The first kappa shape index (κ1) is 16.9. The average molecular weight is 341 g/mol. The van der Waals surface area contributed by atoms with Crippen LogP contribution >= 0.6 is 0 Å². The summed E-state index contributed by atoms with van der Waals surface area (Å²) in [6.45, 7) is 3.85. The van der Waals surface area contributed by atoms with E-state index in [1.54, 1.807) is 4.90 Å². The lowest BCUT2D eigenvalue weighted by Gasteiger charge is -2.34. The maximum Gasteiger partial charge on any atom is 0.433 e. The van der Waals surface area contributed by atoms with Gasteiger partial charge in [-0.15, -0.1) is 0 Å². The quantitative estimate of drug-likeness (QED) is 0.474. The van der Waals surface area contributed by atoms with Crippen molar-refractivity contribution in [2.24, 2.45) is 0 Å². The summed E-state index contributed by atoms with van der Waals surface area (Å²) in [6.07, 6.45) is 2.86. The molecule has 0 saturated carbocycles. The molecule has 0 aliphatic carbocycles. The highest BCUT2D eigenvalue weighted by Gasteiger charge is 2.19. The topological polar surface area (TPSA) is 79.8 Å². The third-order valence-corrected chi connectivity index (χ3v) is 4.12. The molecule has 1 aliphatic rings. The maximum absolute atomic E-state index is 12.2. The van der Waals surface area contributed by atoms with Gasteiger partial charge >= 0.3 is 5.88 Å². The monoisotopic (exact) mass is 341 g/mol. The highest BCUT2D eigenvalue weighted by atomic mass is 16.6. The number of furan rings is 1. The van der Waals surface area contributed by atoms with E-state index in [1.807, 2.05) is 18.2 Å². The number of rotatable bonds is 5. The van der Waals surface area contributed by atoms with Crippen molar-refractivity contribution < 1.29 is 14.1 Å². The molecule has 1 fully saturated rings. The van der Waals surface area contributed by atoms with Crippen molar-refractivity contribution in [3.8, 4) is 0 Å². The molecule has 1 saturated heterocycles. The zero-order valence-electron chi connectivity index (χ0n) is 13.7. The van der Waals surface area contributed by atoms with Crippen LogP contribution in [-0.4, -0.2) is 46.8 Å². The van der Waals surface area contributed by atoms with Crippen LogP contribution in [0.25, 0.3) is 6.08 Å². The van der Waals surface area contributed by atoms with Crippen LogP contribution in [0.3, 0.4) is 0 Å². The highest BCUT2D eigenvalue weighted by molar-refractivity contribution is 5.91. The summed E-state index contributed by atoms with van der Waals surface area (Å²) >= 11 is 0. The van der Waals surface area contributed by atoms with Gasteiger partial charge in [0.2, 0.25) is 5.91 Å². The summed E-state index contributed by atoms with van der Waals surface area (Å²) < 4.78 is 5.00. The van der Waals surface area contributed by atoms with Gasteiger partial charge in [-0.3, -0.25) is 19.8 Å². The van der Waals surface area contributed by atoms with Gasteiger partial charge in [0.15, 0.2) is 0 Å². The molecule has 0 spiro atoms. The Morgan fingerprint density at radius 1 is 1.12 bits per heavy atom. The van der Waals surface area contributed by atoms with E-state index in [4.69, 9.17) is 4.42 Å². The predicted octanol–water partition coefficient (Wildman–Crippen LogP) is 2.55. The zero-order valence-corrected chi connectivity index (χ0v) is 13.7. The Balaban J connectivity index is 1.49. The first-order valence-electron chi connectivity index (χ1n) is 8.09. The van der Waals surface area contributed by atoms with E-state index in [0.29, 0.717) is 18.8 Å². The lowest BCUT2D eigenvalue weighted by atomic mass is 10.2. The van der Waals surface area contributed by atoms with Gasteiger partial charge in [0.05, 0.1) is 6.07 Å². The van der Waals surface area contributed by atoms with Crippen molar-refractivity contribution >= 4 is 17.9 Å². The minimum absolute atomic E-state index is 0.113. The molecule has 25 heavy (non-hydrogen) atoms. The lowest BCUT2D eigenvalue weighted by Crippen LogP contribution is -2.47. The molecule has 3 rings (SSSR count). The van der Waals surface area contributed by atoms with E-state index < -0.39 is 4.92 Å². The van der Waals surface area contributed by atoms with E-state index in [-0.39, 0.29) is 11.8 Å². The average Bonchev–Trinajstić information content (AvgIpc) is 3.11. The van der Waals surface area contributed by atoms with Gasteiger partial charge in [-0.05, 0) is 17.7 Å². The van der Waals surface area contributed by atoms with Crippen LogP contribution in [-0.2, 0) is 11.3 Å². The summed E-state index contributed by atoms with van der Waals surface area (Å²) in [5.74, 6) is -0.150. The molecule has 7 nitrogen and oxygen atoms in total. The number of piperazine rings is 1. The second kappa shape index (κ2) is 7.76. The Morgan fingerprint density at radius 2 is 1.84 bits per heavy atom. The predicted molar refractivity (Wildman–Crippen MR) is 92.7 cm³/mol. The molecule has 2 heterocycles. The molecular weight excluding hydrogens is 322 g/mol. The molecule has 0 radical (unpaired) electrons. The fraction of sp³-hybridized carbons (Fsp3) is 0.278. The Morgan fingerprint density at radius 3 is 2.48 bits per heavy atom. The number of carbonyl (C=O) groups excluding carboxylic acids is 1. The van der Waals surface area contributed by atoms with Crippen LogP contribution < -0.4 is 0 Å². The largest absolute Gasteiger partial charge is 0.433 e. The zero-order chi connectivity index (χ0) is 17.6. The highest BCUT2D eigenvalue weighted by Crippen LogP contribution is 2.17. The second-order valence-corrected chi connectivity index (χ2v) is 5.85. The van der Waals surface area contributed by atoms with Gasteiger partial charge in [-0.2, -0.15) is 0 Å². The molecular formula is C18H19N3O4. The molecule has 0 N–H and O–H groups in total. The van der Waals surface area contributed by atoms with Gasteiger partial charge < -0.3 is 9.32 Å². The third-order valence-electron chi connectivity index (χ3n) is 4.12. The number of hydrogen-bond acceptors (Lipinski definition) is 5. The van der Waals surface area contributed by atoms with Gasteiger partial charge in [0, 0.05) is 38.8 Å². The fourth-order valence-electron chi connectivity index (χ4n) is 2.76. The Kier molecular flexibility index (Phi) is 5.25. The molecule has 0 unspecified atom stereocenters. The molecule has 1 aromatic heterocycles. The van der Waals surface area contributed by atoms with Gasteiger partial charge in [0.1, 0.15) is 10.7 Å². The summed E-state index contributed by atoms with van der Waals surface area (Å²) in [7, 11) is 0. The number of nitro groups is 1.